The van der Waals surface area contributed by atoms with Crippen molar-refractivity contribution in [2.45, 2.75) is 0 Å². The fourth-order valence-electron chi connectivity index (χ4n) is 5.44. The van der Waals surface area contributed by atoms with E-state index in [1.54, 1.807) is 0 Å². The second-order valence-corrected chi connectivity index (χ2v) is 10.1. The third-order valence-electron chi connectivity index (χ3n) is 7.48. The van der Waals surface area contributed by atoms with E-state index in [0.717, 1.165) is 72.1 Å². The van der Waals surface area contributed by atoms with Crippen LogP contribution in [0.3, 0.4) is 0 Å². The quantitative estimate of drug-likeness (QED) is 0.230. The molecule has 0 aliphatic rings. The summed E-state index contributed by atoms with van der Waals surface area (Å²) in [5.41, 5.74) is 10.4. The van der Waals surface area contributed by atoms with Crippen molar-refractivity contribution in [2.75, 3.05) is 0 Å². The van der Waals surface area contributed by atoms with E-state index >= 15 is 0 Å². The molecule has 0 aliphatic carbocycles. The monoisotopic (exact) mass is 525 g/mol. The highest BCUT2D eigenvalue weighted by molar-refractivity contribution is 6.05. The van der Waals surface area contributed by atoms with Crippen LogP contribution < -0.4 is 0 Å². The zero-order valence-corrected chi connectivity index (χ0v) is 22.0. The summed E-state index contributed by atoms with van der Waals surface area (Å²) < 4.78 is 6.15. The first-order chi connectivity index (χ1) is 20.3. The first kappa shape index (κ1) is 23.3. The Bertz CT molecular complexity index is 2200. The van der Waals surface area contributed by atoms with E-state index in [9.17, 15) is 0 Å². The average molecular weight is 526 g/mol. The van der Waals surface area contributed by atoms with Gasteiger partial charge in [-0.2, -0.15) is 0 Å². The Balaban J connectivity index is 1.27. The Morgan fingerprint density at radius 3 is 1.76 bits per heavy atom. The van der Waals surface area contributed by atoms with Crippen LogP contribution in [0.1, 0.15) is 0 Å². The molecule has 0 bridgehead atoms. The van der Waals surface area contributed by atoms with Crippen LogP contribution in [0.25, 0.3) is 78.0 Å². The molecule has 0 amide bonds. The van der Waals surface area contributed by atoms with Gasteiger partial charge < -0.3 is 4.42 Å². The molecule has 4 nitrogen and oxygen atoms in total. The summed E-state index contributed by atoms with van der Waals surface area (Å²) >= 11 is 0. The molecule has 0 aliphatic heterocycles. The van der Waals surface area contributed by atoms with Gasteiger partial charge >= 0.3 is 0 Å². The Morgan fingerprint density at radius 1 is 0.415 bits per heavy atom. The summed E-state index contributed by atoms with van der Waals surface area (Å²) in [5, 5.41) is 2.18. The van der Waals surface area contributed by atoms with Gasteiger partial charge in [0.25, 0.3) is 0 Å². The molecule has 0 N–H and O–H groups in total. The SMILES string of the molecule is c1ccc(-c2nc3c(ccc4ccc(-c5cccc(-c6nc7ccccc7nc6-c6ccccc6)c5)cc43)o2)cc1. The van der Waals surface area contributed by atoms with Gasteiger partial charge in [-0.15, -0.1) is 0 Å². The summed E-state index contributed by atoms with van der Waals surface area (Å²) in [7, 11) is 0. The molecule has 41 heavy (non-hydrogen) atoms. The molecule has 0 radical (unpaired) electrons. The minimum atomic E-state index is 0.629. The predicted octanol–water partition coefficient (Wildman–Crippen LogP) is 9.59. The topological polar surface area (TPSA) is 51.8 Å². The number of hydrogen-bond acceptors (Lipinski definition) is 4. The van der Waals surface area contributed by atoms with Gasteiger partial charge in [0.1, 0.15) is 5.52 Å². The molecule has 8 rings (SSSR count). The summed E-state index contributed by atoms with van der Waals surface area (Å²) in [5.74, 6) is 0.629. The first-order valence-electron chi connectivity index (χ1n) is 13.6. The van der Waals surface area contributed by atoms with E-state index < -0.39 is 0 Å². The van der Waals surface area contributed by atoms with Gasteiger partial charge in [-0.25, -0.2) is 15.0 Å². The fraction of sp³-hybridized carbons (Fsp3) is 0. The van der Waals surface area contributed by atoms with Crippen molar-refractivity contribution in [3.63, 3.8) is 0 Å². The van der Waals surface area contributed by atoms with Crippen molar-refractivity contribution in [1.29, 1.82) is 0 Å². The summed E-state index contributed by atoms with van der Waals surface area (Å²) in [6.45, 7) is 0. The van der Waals surface area contributed by atoms with E-state index in [1.807, 2.05) is 78.9 Å². The van der Waals surface area contributed by atoms with Crippen LogP contribution in [-0.4, -0.2) is 15.0 Å². The van der Waals surface area contributed by atoms with Crippen molar-refractivity contribution < 1.29 is 4.42 Å². The molecule has 0 unspecified atom stereocenters. The molecule has 6 aromatic carbocycles. The van der Waals surface area contributed by atoms with Gasteiger partial charge in [0, 0.05) is 22.1 Å². The van der Waals surface area contributed by atoms with Crippen molar-refractivity contribution in [2.24, 2.45) is 0 Å². The maximum atomic E-state index is 6.15. The van der Waals surface area contributed by atoms with Crippen LogP contribution in [-0.2, 0) is 0 Å². The molecule has 0 spiro atoms. The molecule has 0 atom stereocenters. The normalized spacial score (nSPS) is 11.4. The van der Waals surface area contributed by atoms with Crippen LogP contribution in [0.4, 0.5) is 0 Å². The van der Waals surface area contributed by atoms with Gasteiger partial charge in [0.15, 0.2) is 5.58 Å². The first-order valence-corrected chi connectivity index (χ1v) is 13.6. The summed E-state index contributed by atoms with van der Waals surface area (Å²) in [4.78, 5) is 15.0. The lowest BCUT2D eigenvalue weighted by Crippen LogP contribution is -1.95. The van der Waals surface area contributed by atoms with Crippen molar-refractivity contribution in [1.82, 2.24) is 15.0 Å². The Kier molecular flexibility index (Phi) is 5.42. The summed E-state index contributed by atoms with van der Waals surface area (Å²) in [6, 6.07) is 47.5. The van der Waals surface area contributed by atoms with Gasteiger partial charge in [0.05, 0.1) is 22.4 Å². The number of oxazole rings is 1. The molecule has 2 aromatic heterocycles. The Morgan fingerprint density at radius 2 is 1.00 bits per heavy atom. The summed E-state index contributed by atoms with van der Waals surface area (Å²) in [6.07, 6.45) is 0. The van der Waals surface area contributed by atoms with Crippen LogP contribution in [0.15, 0.2) is 144 Å². The number of aromatic nitrogens is 3. The number of hydrogen-bond donors (Lipinski definition) is 0. The van der Waals surface area contributed by atoms with Gasteiger partial charge in [0.2, 0.25) is 5.89 Å². The number of fused-ring (bicyclic) bond motifs is 4. The van der Waals surface area contributed by atoms with Crippen LogP contribution >= 0.6 is 0 Å². The highest BCUT2D eigenvalue weighted by Crippen LogP contribution is 2.36. The number of rotatable bonds is 4. The number of para-hydroxylation sites is 2. The second kappa shape index (κ2) is 9.54. The third-order valence-corrected chi connectivity index (χ3v) is 7.48. The molecule has 0 saturated heterocycles. The van der Waals surface area contributed by atoms with E-state index in [0.29, 0.717) is 5.89 Å². The zero-order chi connectivity index (χ0) is 27.2. The molecule has 192 valence electrons. The average Bonchev–Trinajstić information content (AvgIpc) is 3.50. The van der Waals surface area contributed by atoms with Gasteiger partial charge in [-0.3, -0.25) is 0 Å². The molecule has 4 heteroatoms. The predicted molar refractivity (Wildman–Crippen MR) is 166 cm³/mol. The lowest BCUT2D eigenvalue weighted by atomic mass is 9.97. The Hall–Kier alpha value is -5.61. The lowest BCUT2D eigenvalue weighted by molar-refractivity contribution is 0.620. The minimum Gasteiger partial charge on any atom is -0.436 e. The van der Waals surface area contributed by atoms with Crippen LogP contribution in [0, 0.1) is 0 Å². The van der Waals surface area contributed by atoms with Crippen LogP contribution in [0.2, 0.25) is 0 Å². The smallest absolute Gasteiger partial charge is 0.227 e. The standard InChI is InChI=1S/C37H23N3O/c1-3-10-25(11-4-1)34-35(39-32-17-8-7-16-31(32)38-34)29-15-9-14-27(22-29)28-19-18-24-20-21-33-36(30(24)23-28)40-37(41-33)26-12-5-2-6-13-26/h1-23H. The van der Waals surface area contributed by atoms with E-state index in [4.69, 9.17) is 19.4 Å². The largest absolute Gasteiger partial charge is 0.436 e. The molecule has 0 fully saturated rings. The van der Waals surface area contributed by atoms with Crippen molar-refractivity contribution in [3.8, 4) is 45.1 Å². The molecule has 8 aromatic rings. The molecular formula is C37H23N3O. The van der Waals surface area contributed by atoms with Gasteiger partial charge in [-0.1, -0.05) is 97.1 Å². The number of nitrogens with zero attached hydrogens (tertiary/aromatic N) is 3. The highest BCUT2D eigenvalue weighted by atomic mass is 16.3. The van der Waals surface area contributed by atoms with Crippen molar-refractivity contribution >= 4 is 32.9 Å². The highest BCUT2D eigenvalue weighted by Gasteiger charge is 2.15. The number of benzene rings is 6. The van der Waals surface area contributed by atoms with E-state index in [1.165, 1.54) is 0 Å². The molecular weight excluding hydrogens is 502 g/mol. The maximum absolute atomic E-state index is 6.15. The van der Waals surface area contributed by atoms with E-state index in [-0.39, 0.29) is 0 Å². The zero-order valence-electron chi connectivity index (χ0n) is 22.0. The third kappa shape index (κ3) is 4.14. The minimum absolute atomic E-state index is 0.629. The lowest BCUT2D eigenvalue weighted by Gasteiger charge is -2.12. The Labute approximate surface area is 236 Å². The second-order valence-electron chi connectivity index (χ2n) is 10.1. The van der Waals surface area contributed by atoms with Crippen LogP contribution in [0.5, 0.6) is 0 Å². The van der Waals surface area contributed by atoms with E-state index in [2.05, 4.69) is 60.7 Å². The van der Waals surface area contributed by atoms with Crippen molar-refractivity contribution in [3.05, 3.63) is 140 Å². The fourth-order valence-corrected chi connectivity index (χ4v) is 5.44. The maximum Gasteiger partial charge on any atom is 0.227 e. The molecule has 2 heterocycles. The molecule has 0 saturated carbocycles. The van der Waals surface area contributed by atoms with Gasteiger partial charge in [-0.05, 0) is 59.0 Å².